The molecule has 0 aliphatic heterocycles. The van der Waals surface area contributed by atoms with Crippen molar-refractivity contribution in [3.63, 3.8) is 0 Å². The van der Waals surface area contributed by atoms with Gasteiger partial charge >= 0.3 is 5.97 Å². The molecule has 0 aliphatic rings. The molecule has 0 spiro atoms. The fourth-order valence-electron chi connectivity index (χ4n) is 2.00. The first-order chi connectivity index (χ1) is 10.8. The summed E-state index contributed by atoms with van der Waals surface area (Å²) in [6.45, 7) is 3.39. The highest BCUT2D eigenvalue weighted by molar-refractivity contribution is 5.92. The largest absolute Gasteiger partial charge is 0.481 e. The van der Waals surface area contributed by atoms with Crippen molar-refractivity contribution in [2.45, 2.75) is 58.0 Å². The first-order valence-corrected chi connectivity index (χ1v) is 7.78. The number of nitrogens with one attached hydrogen (secondary N) is 3. The Labute approximate surface area is 136 Å². The van der Waals surface area contributed by atoms with Crippen LogP contribution in [0.5, 0.6) is 0 Å². The smallest absolute Gasteiger partial charge is 0.303 e. The van der Waals surface area contributed by atoms with Crippen LogP contribution in [0.1, 0.15) is 46.0 Å². The van der Waals surface area contributed by atoms with E-state index in [-0.39, 0.29) is 25.2 Å². The molecule has 8 nitrogen and oxygen atoms in total. The molecule has 0 saturated carbocycles. The summed E-state index contributed by atoms with van der Waals surface area (Å²) in [5.41, 5.74) is 0. The normalized spacial score (nSPS) is 13.0. The topological polar surface area (TPSA) is 125 Å². The van der Waals surface area contributed by atoms with Crippen molar-refractivity contribution in [1.29, 1.82) is 0 Å². The number of hydrogen-bond acceptors (Lipinski definition) is 5. The predicted octanol–water partition coefficient (Wildman–Crippen LogP) is -0.181. The number of likely N-dealkylation sites (N-methyl/N-ethyl adjacent to an activating group) is 1. The molecule has 8 heteroatoms. The molecule has 4 N–H and O–H groups in total. The highest BCUT2D eigenvalue weighted by Crippen LogP contribution is 2.04. The van der Waals surface area contributed by atoms with Crippen LogP contribution in [0.4, 0.5) is 0 Å². The van der Waals surface area contributed by atoms with E-state index in [0.29, 0.717) is 6.42 Å². The van der Waals surface area contributed by atoms with E-state index in [9.17, 15) is 19.2 Å². The minimum absolute atomic E-state index is 0.0167. The molecule has 0 aromatic rings. The Morgan fingerprint density at radius 2 is 1.70 bits per heavy atom. The third-order valence-corrected chi connectivity index (χ3v) is 3.29. The Morgan fingerprint density at radius 3 is 2.17 bits per heavy atom. The molecule has 0 radical (unpaired) electrons. The van der Waals surface area contributed by atoms with Crippen LogP contribution in [0.2, 0.25) is 0 Å². The molecule has 0 bridgehead atoms. The number of rotatable bonds is 12. The third-order valence-electron chi connectivity index (χ3n) is 3.29. The zero-order chi connectivity index (χ0) is 17.8. The second-order valence-corrected chi connectivity index (χ2v) is 5.40. The average Bonchev–Trinajstić information content (AvgIpc) is 2.47. The van der Waals surface area contributed by atoms with Gasteiger partial charge in [-0.2, -0.15) is 0 Å². The van der Waals surface area contributed by atoms with Crippen molar-refractivity contribution in [2.75, 3.05) is 13.6 Å². The molecule has 0 aromatic heterocycles. The summed E-state index contributed by atoms with van der Waals surface area (Å²) in [5.74, 6) is -2.16. The van der Waals surface area contributed by atoms with Crippen molar-refractivity contribution in [3.8, 4) is 0 Å². The van der Waals surface area contributed by atoms with Gasteiger partial charge in [0.05, 0.1) is 12.6 Å². The standard InChI is InChI=1S/C15H27N3O5/c1-4-5-6-11(10(2)19)18-15(23)12(7-8-14(21)22)17-13(20)9-16-3/h11-12,16H,4-9H2,1-3H3,(H,17,20)(H,18,23)(H,21,22). The maximum atomic E-state index is 12.3. The molecule has 0 fully saturated rings. The average molecular weight is 329 g/mol. The van der Waals surface area contributed by atoms with Gasteiger partial charge in [0.15, 0.2) is 5.78 Å². The van der Waals surface area contributed by atoms with Gasteiger partial charge in [0.1, 0.15) is 6.04 Å². The quantitative estimate of drug-likeness (QED) is 0.394. The molecule has 2 unspecified atom stereocenters. The predicted molar refractivity (Wildman–Crippen MR) is 84.9 cm³/mol. The molecule has 23 heavy (non-hydrogen) atoms. The van der Waals surface area contributed by atoms with E-state index < -0.39 is 29.9 Å². The lowest BCUT2D eigenvalue weighted by Crippen LogP contribution is -2.52. The Hall–Kier alpha value is -1.96. The lowest BCUT2D eigenvalue weighted by Gasteiger charge is -2.22. The Balaban J connectivity index is 4.82. The maximum Gasteiger partial charge on any atom is 0.303 e. The summed E-state index contributed by atoms with van der Waals surface area (Å²) in [7, 11) is 1.59. The Kier molecular flexibility index (Phi) is 10.6. The van der Waals surface area contributed by atoms with Gasteiger partial charge in [0.2, 0.25) is 11.8 Å². The van der Waals surface area contributed by atoms with Crippen LogP contribution in [-0.2, 0) is 19.2 Å². The monoisotopic (exact) mass is 329 g/mol. The van der Waals surface area contributed by atoms with Crippen molar-refractivity contribution in [2.24, 2.45) is 0 Å². The SMILES string of the molecule is CCCCC(NC(=O)C(CCC(=O)O)NC(=O)CNC)C(C)=O. The van der Waals surface area contributed by atoms with Crippen LogP contribution in [0.25, 0.3) is 0 Å². The summed E-state index contributed by atoms with van der Waals surface area (Å²) in [6.07, 6.45) is 1.91. The van der Waals surface area contributed by atoms with Crippen LogP contribution < -0.4 is 16.0 Å². The number of carbonyl (C=O) groups is 4. The number of ketones is 1. The van der Waals surface area contributed by atoms with Gasteiger partial charge in [0, 0.05) is 6.42 Å². The maximum absolute atomic E-state index is 12.3. The molecule has 0 heterocycles. The first kappa shape index (κ1) is 21.0. The lowest BCUT2D eigenvalue weighted by atomic mass is 10.0. The second-order valence-electron chi connectivity index (χ2n) is 5.40. The van der Waals surface area contributed by atoms with Gasteiger partial charge in [-0.05, 0) is 26.8 Å². The fraction of sp³-hybridized carbons (Fsp3) is 0.733. The van der Waals surface area contributed by atoms with Crippen LogP contribution in [0.3, 0.4) is 0 Å². The second kappa shape index (κ2) is 11.6. The number of hydrogen-bond donors (Lipinski definition) is 4. The summed E-state index contributed by atoms with van der Waals surface area (Å²) in [6, 6.07) is -1.59. The highest BCUT2D eigenvalue weighted by Gasteiger charge is 2.25. The highest BCUT2D eigenvalue weighted by atomic mass is 16.4. The fourth-order valence-corrected chi connectivity index (χ4v) is 2.00. The number of amides is 2. The van der Waals surface area contributed by atoms with E-state index in [1.165, 1.54) is 6.92 Å². The van der Waals surface area contributed by atoms with E-state index in [0.717, 1.165) is 12.8 Å². The van der Waals surface area contributed by atoms with Crippen molar-refractivity contribution >= 4 is 23.6 Å². The Morgan fingerprint density at radius 1 is 1.04 bits per heavy atom. The molecule has 132 valence electrons. The van der Waals surface area contributed by atoms with Crippen molar-refractivity contribution < 1.29 is 24.3 Å². The number of aliphatic carboxylic acids is 1. The summed E-state index contributed by atoms with van der Waals surface area (Å²) >= 11 is 0. The lowest BCUT2D eigenvalue weighted by molar-refractivity contribution is -0.138. The van der Waals surface area contributed by atoms with Crippen molar-refractivity contribution in [3.05, 3.63) is 0 Å². The van der Waals surface area contributed by atoms with Crippen LogP contribution in [0, 0.1) is 0 Å². The number of unbranched alkanes of at least 4 members (excludes halogenated alkanes) is 1. The summed E-state index contributed by atoms with van der Waals surface area (Å²) in [5, 5.41) is 16.5. The minimum Gasteiger partial charge on any atom is -0.481 e. The number of carboxylic acid groups (broad SMARTS) is 1. The van der Waals surface area contributed by atoms with Gasteiger partial charge < -0.3 is 21.1 Å². The first-order valence-electron chi connectivity index (χ1n) is 7.78. The van der Waals surface area contributed by atoms with Gasteiger partial charge in [-0.1, -0.05) is 19.8 Å². The molecule has 0 saturated heterocycles. The van der Waals surface area contributed by atoms with E-state index in [1.807, 2.05) is 6.92 Å². The molecule has 0 aromatic carbocycles. The van der Waals surface area contributed by atoms with Crippen LogP contribution in [-0.4, -0.2) is 54.3 Å². The van der Waals surface area contributed by atoms with Gasteiger partial charge in [-0.15, -0.1) is 0 Å². The van der Waals surface area contributed by atoms with Gasteiger partial charge in [0.25, 0.3) is 0 Å². The number of carbonyl (C=O) groups excluding carboxylic acids is 3. The third kappa shape index (κ3) is 9.62. The van der Waals surface area contributed by atoms with Crippen LogP contribution >= 0.6 is 0 Å². The molecular weight excluding hydrogens is 302 g/mol. The van der Waals surface area contributed by atoms with E-state index in [1.54, 1.807) is 7.05 Å². The summed E-state index contributed by atoms with van der Waals surface area (Å²) in [4.78, 5) is 46.2. The van der Waals surface area contributed by atoms with E-state index in [4.69, 9.17) is 5.11 Å². The Bertz CT molecular complexity index is 425. The van der Waals surface area contributed by atoms with Gasteiger partial charge in [-0.25, -0.2) is 0 Å². The molecule has 2 atom stereocenters. The van der Waals surface area contributed by atoms with E-state index >= 15 is 0 Å². The van der Waals surface area contributed by atoms with Gasteiger partial charge in [-0.3, -0.25) is 19.2 Å². The number of Topliss-reactive ketones (excluding diaryl/α,β-unsaturated/α-hetero) is 1. The molecule has 0 rings (SSSR count). The zero-order valence-electron chi connectivity index (χ0n) is 14.0. The number of carboxylic acids is 1. The minimum atomic E-state index is -1.06. The summed E-state index contributed by atoms with van der Waals surface area (Å²) < 4.78 is 0. The molecular formula is C15H27N3O5. The van der Waals surface area contributed by atoms with Crippen molar-refractivity contribution in [1.82, 2.24) is 16.0 Å². The van der Waals surface area contributed by atoms with Crippen LogP contribution in [0.15, 0.2) is 0 Å². The van der Waals surface area contributed by atoms with E-state index in [2.05, 4.69) is 16.0 Å². The molecule has 0 aliphatic carbocycles. The molecule has 2 amide bonds. The zero-order valence-corrected chi connectivity index (χ0v) is 14.0.